The van der Waals surface area contributed by atoms with Crippen LogP contribution < -0.4 is 14.8 Å². The van der Waals surface area contributed by atoms with Crippen molar-refractivity contribution in [2.75, 3.05) is 44.8 Å². The average molecular weight is 519 g/mol. The van der Waals surface area contributed by atoms with Crippen molar-refractivity contribution in [3.63, 3.8) is 0 Å². The minimum absolute atomic E-state index is 0.0777. The van der Waals surface area contributed by atoms with Crippen LogP contribution in [-0.4, -0.2) is 55.6 Å². The lowest BCUT2D eigenvalue weighted by Gasteiger charge is -2.18. The SMILES string of the molecule is Oc1ccc2c(c1F)OCCC(c1ccc3c(c1)NCC3)=C2c1ccc(O[C@H]2CCN(CCCF)C2)cc1. The van der Waals surface area contributed by atoms with Crippen LogP contribution in [0.25, 0.3) is 11.1 Å². The third kappa shape index (κ3) is 4.83. The van der Waals surface area contributed by atoms with E-state index in [2.05, 4.69) is 28.4 Å². The fourth-order valence-electron chi connectivity index (χ4n) is 5.80. The van der Waals surface area contributed by atoms with Gasteiger partial charge < -0.3 is 19.9 Å². The second kappa shape index (κ2) is 10.7. The van der Waals surface area contributed by atoms with Gasteiger partial charge in [0.25, 0.3) is 0 Å². The second-order valence-electron chi connectivity index (χ2n) is 10.2. The predicted molar refractivity (Wildman–Crippen MR) is 145 cm³/mol. The van der Waals surface area contributed by atoms with Gasteiger partial charge in [0.2, 0.25) is 5.82 Å². The molecule has 3 aliphatic rings. The molecule has 0 radical (unpaired) electrons. The Morgan fingerprint density at radius 1 is 1.05 bits per heavy atom. The minimum atomic E-state index is -0.740. The van der Waals surface area contributed by atoms with E-state index in [1.807, 2.05) is 24.3 Å². The Morgan fingerprint density at radius 3 is 2.74 bits per heavy atom. The lowest BCUT2D eigenvalue weighted by atomic mass is 9.87. The Labute approximate surface area is 221 Å². The molecule has 1 fully saturated rings. The summed E-state index contributed by atoms with van der Waals surface area (Å²) in [6.45, 7) is 3.43. The van der Waals surface area contributed by atoms with Crippen molar-refractivity contribution in [3.05, 3.63) is 82.7 Å². The zero-order valence-electron chi connectivity index (χ0n) is 21.3. The van der Waals surface area contributed by atoms with Crippen LogP contribution >= 0.6 is 0 Å². The van der Waals surface area contributed by atoms with Gasteiger partial charge in [0.1, 0.15) is 11.9 Å². The summed E-state index contributed by atoms with van der Waals surface area (Å²) in [6, 6.07) is 17.5. The van der Waals surface area contributed by atoms with Crippen LogP contribution in [0.3, 0.4) is 0 Å². The third-order valence-corrected chi connectivity index (χ3v) is 7.70. The first-order chi connectivity index (χ1) is 18.6. The van der Waals surface area contributed by atoms with Crippen molar-refractivity contribution in [1.82, 2.24) is 4.90 Å². The molecule has 3 heterocycles. The van der Waals surface area contributed by atoms with Gasteiger partial charge in [-0.05, 0) is 77.4 Å². The summed E-state index contributed by atoms with van der Waals surface area (Å²) in [5, 5.41) is 13.5. The van der Waals surface area contributed by atoms with Crippen LogP contribution in [0.1, 0.15) is 41.5 Å². The number of fused-ring (bicyclic) bond motifs is 2. The largest absolute Gasteiger partial charge is 0.505 e. The Bertz CT molecular complexity index is 1360. The van der Waals surface area contributed by atoms with Crippen molar-refractivity contribution in [3.8, 4) is 17.2 Å². The highest BCUT2D eigenvalue weighted by atomic mass is 19.1. The highest BCUT2D eigenvalue weighted by Crippen LogP contribution is 2.44. The van der Waals surface area contributed by atoms with Gasteiger partial charge in [-0.15, -0.1) is 0 Å². The molecular weight excluding hydrogens is 486 g/mol. The highest BCUT2D eigenvalue weighted by molar-refractivity contribution is 6.01. The number of anilines is 1. The van der Waals surface area contributed by atoms with Crippen LogP contribution in [-0.2, 0) is 6.42 Å². The number of benzene rings is 3. The predicted octanol–water partition coefficient (Wildman–Crippen LogP) is 6.05. The maximum absolute atomic E-state index is 15.0. The number of nitrogens with zero attached hydrogens (tertiary/aromatic N) is 1. The molecule has 3 aromatic carbocycles. The average Bonchev–Trinajstić information content (AvgIpc) is 3.55. The van der Waals surface area contributed by atoms with Crippen molar-refractivity contribution in [1.29, 1.82) is 0 Å². The highest BCUT2D eigenvalue weighted by Gasteiger charge is 2.27. The molecule has 7 heteroatoms. The summed E-state index contributed by atoms with van der Waals surface area (Å²) in [5.74, 6) is -0.310. The van der Waals surface area contributed by atoms with Gasteiger partial charge >= 0.3 is 0 Å². The number of rotatable bonds is 7. The molecule has 6 rings (SSSR count). The van der Waals surface area contributed by atoms with E-state index >= 15 is 4.39 Å². The van der Waals surface area contributed by atoms with E-state index in [1.165, 1.54) is 11.6 Å². The Kier molecular flexibility index (Phi) is 6.94. The van der Waals surface area contributed by atoms with E-state index in [4.69, 9.17) is 9.47 Å². The molecule has 0 amide bonds. The molecule has 0 unspecified atom stereocenters. The fourth-order valence-corrected chi connectivity index (χ4v) is 5.80. The molecule has 0 aromatic heterocycles. The summed E-state index contributed by atoms with van der Waals surface area (Å²) in [5.41, 5.74) is 7.00. The number of hydrogen-bond acceptors (Lipinski definition) is 5. The van der Waals surface area contributed by atoms with E-state index < -0.39 is 11.6 Å². The van der Waals surface area contributed by atoms with Gasteiger partial charge in [-0.1, -0.05) is 24.3 Å². The van der Waals surface area contributed by atoms with Gasteiger partial charge in [-0.25, -0.2) is 0 Å². The van der Waals surface area contributed by atoms with Crippen LogP contribution in [0.15, 0.2) is 54.6 Å². The molecule has 1 atom stereocenters. The summed E-state index contributed by atoms with van der Waals surface area (Å²) in [7, 11) is 0. The zero-order valence-corrected chi connectivity index (χ0v) is 21.3. The van der Waals surface area contributed by atoms with Gasteiger partial charge in [-0.2, -0.15) is 4.39 Å². The lowest BCUT2D eigenvalue weighted by molar-refractivity contribution is 0.198. The number of hydrogen-bond donors (Lipinski definition) is 2. The van der Waals surface area contributed by atoms with Crippen molar-refractivity contribution < 1.29 is 23.4 Å². The number of phenols is 1. The number of phenolic OH excluding ortho intramolecular Hbond substituents is 1. The number of nitrogens with one attached hydrogen (secondary N) is 1. The maximum atomic E-state index is 15.0. The molecule has 198 valence electrons. The molecule has 5 nitrogen and oxygen atoms in total. The van der Waals surface area contributed by atoms with Gasteiger partial charge in [0.15, 0.2) is 11.5 Å². The summed E-state index contributed by atoms with van der Waals surface area (Å²) in [6.07, 6.45) is 3.16. The second-order valence-corrected chi connectivity index (χ2v) is 10.2. The third-order valence-electron chi connectivity index (χ3n) is 7.70. The molecule has 1 saturated heterocycles. The monoisotopic (exact) mass is 518 g/mol. The molecule has 38 heavy (non-hydrogen) atoms. The standard InChI is InChI=1S/C31H32F2N2O3/c32-13-1-15-35-16-11-24(19-35)38-23-6-4-21(5-7-23)29-25(22-3-2-20-10-14-34-27(20)18-22)12-17-37-31-26(29)8-9-28(36)30(31)33/h2-9,18,24,34,36H,1,10-17,19H2/t24-/m0/s1. The Balaban J connectivity index is 1.36. The molecule has 2 N–H and O–H groups in total. The normalized spacial score (nSPS) is 18.9. The Morgan fingerprint density at radius 2 is 1.89 bits per heavy atom. The number of alkyl halides is 1. The number of aromatic hydroxyl groups is 1. The van der Waals surface area contributed by atoms with Crippen molar-refractivity contribution in [2.24, 2.45) is 0 Å². The lowest BCUT2D eigenvalue weighted by Crippen LogP contribution is -2.26. The summed E-state index contributed by atoms with van der Waals surface area (Å²) in [4.78, 5) is 2.24. The van der Waals surface area contributed by atoms with Crippen LogP contribution in [0.2, 0.25) is 0 Å². The zero-order chi connectivity index (χ0) is 26.1. The maximum Gasteiger partial charge on any atom is 0.207 e. The van der Waals surface area contributed by atoms with E-state index in [1.54, 1.807) is 6.07 Å². The van der Waals surface area contributed by atoms with E-state index in [-0.39, 0.29) is 18.5 Å². The smallest absolute Gasteiger partial charge is 0.207 e. The fraction of sp³-hybridized carbons (Fsp3) is 0.355. The number of halogens is 2. The van der Waals surface area contributed by atoms with Gasteiger partial charge in [0.05, 0.1) is 13.3 Å². The van der Waals surface area contributed by atoms with Crippen LogP contribution in [0.4, 0.5) is 14.5 Å². The summed E-state index contributed by atoms with van der Waals surface area (Å²) >= 11 is 0. The van der Waals surface area contributed by atoms with Crippen LogP contribution in [0, 0.1) is 5.82 Å². The number of likely N-dealkylation sites (tertiary alicyclic amines) is 1. The number of ether oxygens (including phenoxy) is 2. The molecule has 0 aliphatic carbocycles. The first-order valence-corrected chi connectivity index (χ1v) is 13.4. The minimum Gasteiger partial charge on any atom is -0.505 e. The molecule has 0 saturated carbocycles. The molecule has 3 aromatic rings. The quantitative estimate of drug-likeness (QED) is 0.399. The van der Waals surface area contributed by atoms with Gasteiger partial charge in [-0.3, -0.25) is 9.29 Å². The summed E-state index contributed by atoms with van der Waals surface area (Å²) < 4.78 is 39.6. The molecule has 3 aliphatic heterocycles. The van der Waals surface area contributed by atoms with Crippen LogP contribution in [0.5, 0.6) is 17.2 Å². The van der Waals surface area contributed by atoms with E-state index in [9.17, 15) is 9.50 Å². The van der Waals surface area contributed by atoms with Gasteiger partial charge in [0, 0.05) is 43.9 Å². The molecule has 0 spiro atoms. The topological polar surface area (TPSA) is 54.0 Å². The van der Waals surface area contributed by atoms with Crippen molar-refractivity contribution >= 4 is 16.8 Å². The molecular formula is C31H32F2N2O3. The van der Waals surface area contributed by atoms with Crippen molar-refractivity contribution in [2.45, 2.75) is 31.8 Å². The van der Waals surface area contributed by atoms with E-state index in [0.29, 0.717) is 25.0 Å². The molecule has 0 bridgehead atoms. The van der Waals surface area contributed by atoms with E-state index in [0.717, 1.165) is 72.7 Å². The first-order valence-electron chi connectivity index (χ1n) is 13.4. The Hall–Kier alpha value is -3.58. The first kappa shape index (κ1) is 24.7.